The molecule has 128 valence electrons. The van der Waals surface area contributed by atoms with Crippen molar-refractivity contribution in [1.82, 2.24) is 24.7 Å². The molecule has 0 unspecified atom stereocenters. The van der Waals surface area contributed by atoms with Gasteiger partial charge in [-0.05, 0) is 62.4 Å². The Morgan fingerprint density at radius 2 is 2.16 bits per heavy atom. The minimum absolute atomic E-state index is 0.158. The fourth-order valence-electron chi connectivity index (χ4n) is 2.56. The Hall–Kier alpha value is -2.87. The minimum Gasteiger partial charge on any atom is -0.477 e. The lowest BCUT2D eigenvalue weighted by Gasteiger charge is -2.08. The molecule has 2 N–H and O–H groups in total. The lowest BCUT2D eigenvalue weighted by atomic mass is 10.2. The SMILES string of the molecule is Cc1nc(S/C(=C\c2cc(C)n(-c3cccnc3)c2C)C(=O)O)n[nH]1. The first-order valence-corrected chi connectivity index (χ1v) is 8.38. The van der Waals surface area contributed by atoms with Gasteiger partial charge in [-0.15, -0.1) is 5.10 Å². The Labute approximate surface area is 148 Å². The third-order valence-corrected chi connectivity index (χ3v) is 4.53. The Kier molecular flexibility index (Phi) is 4.71. The van der Waals surface area contributed by atoms with Gasteiger partial charge in [0.05, 0.1) is 11.9 Å². The Bertz CT molecular complexity index is 943. The number of aryl methyl sites for hydroxylation is 2. The molecule has 0 bridgehead atoms. The monoisotopic (exact) mass is 355 g/mol. The van der Waals surface area contributed by atoms with Crippen molar-refractivity contribution in [2.75, 3.05) is 0 Å². The van der Waals surface area contributed by atoms with Gasteiger partial charge in [0.2, 0.25) is 5.16 Å². The van der Waals surface area contributed by atoms with Crippen LogP contribution >= 0.6 is 11.8 Å². The van der Waals surface area contributed by atoms with Gasteiger partial charge in [0, 0.05) is 17.6 Å². The Morgan fingerprint density at radius 3 is 2.76 bits per heavy atom. The van der Waals surface area contributed by atoms with Crippen LogP contribution in [0.1, 0.15) is 22.8 Å². The van der Waals surface area contributed by atoms with Crippen molar-refractivity contribution in [3.05, 3.63) is 58.3 Å². The number of aromatic nitrogens is 5. The highest BCUT2D eigenvalue weighted by Crippen LogP contribution is 2.28. The summed E-state index contributed by atoms with van der Waals surface area (Å²) in [5, 5.41) is 16.6. The van der Waals surface area contributed by atoms with Crippen molar-refractivity contribution in [3.8, 4) is 5.69 Å². The molecule has 0 aliphatic rings. The first-order chi connectivity index (χ1) is 12.0. The largest absolute Gasteiger partial charge is 0.477 e. The molecular weight excluding hydrogens is 338 g/mol. The van der Waals surface area contributed by atoms with E-state index in [1.54, 1.807) is 25.4 Å². The fraction of sp³-hybridized carbons (Fsp3) is 0.176. The molecule has 25 heavy (non-hydrogen) atoms. The average molecular weight is 355 g/mol. The molecule has 0 fully saturated rings. The molecule has 0 aliphatic carbocycles. The summed E-state index contributed by atoms with van der Waals surface area (Å²) in [4.78, 5) is 20.1. The van der Waals surface area contributed by atoms with Crippen LogP contribution < -0.4 is 0 Å². The number of nitrogens with zero attached hydrogens (tertiary/aromatic N) is 4. The van der Waals surface area contributed by atoms with Crippen LogP contribution in [0.4, 0.5) is 0 Å². The third kappa shape index (κ3) is 3.63. The molecule has 3 heterocycles. The second kappa shape index (κ2) is 6.94. The van der Waals surface area contributed by atoms with Crippen LogP contribution in [0, 0.1) is 20.8 Å². The number of hydrogen-bond acceptors (Lipinski definition) is 5. The van der Waals surface area contributed by atoms with Gasteiger partial charge in [-0.25, -0.2) is 9.78 Å². The second-order valence-electron chi connectivity index (χ2n) is 5.49. The number of carboxylic acids is 1. The zero-order chi connectivity index (χ0) is 18.0. The summed E-state index contributed by atoms with van der Waals surface area (Å²) in [6, 6.07) is 5.78. The Morgan fingerprint density at radius 1 is 1.36 bits per heavy atom. The number of aliphatic carboxylic acids is 1. The van der Waals surface area contributed by atoms with Crippen LogP contribution in [0.5, 0.6) is 0 Å². The minimum atomic E-state index is -1.02. The quantitative estimate of drug-likeness (QED) is 0.539. The molecule has 7 nitrogen and oxygen atoms in total. The number of hydrogen-bond donors (Lipinski definition) is 2. The van der Waals surface area contributed by atoms with Gasteiger partial charge in [-0.3, -0.25) is 10.1 Å². The molecule has 0 saturated carbocycles. The molecule has 8 heteroatoms. The molecule has 0 aromatic carbocycles. The van der Waals surface area contributed by atoms with Gasteiger partial charge in [-0.2, -0.15) is 0 Å². The van der Waals surface area contributed by atoms with Crippen molar-refractivity contribution >= 4 is 23.8 Å². The Balaban J connectivity index is 2.00. The second-order valence-corrected chi connectivity index (χ2v) is 6.50. The summed E-state index contributed by atoms with van der Waals surface area (Å²) in [6.45, 7) is 5.69. The smallest absolute Gasteiger partial charge is 0.342 e. The maximum absolute atomic E-state index is 11.6. The van der Waals surface area contributed by atoms with E-state index in [9.17, 15) is 9.90 Å². The summed E-state index contributed by atoms with van der Waals surface area (Å²) in [5.74, 6) is -0.374. The third-order valence-electron chi connectivity index (χ3n) is 3.65. The maximum Gasteiger partial charge on any atom is 0.342 e. The van der Waals surface area contributed by atoms with Gasteiger partial charge in [0.15, 0.2) is 0 Å². The van der Waals surface area contributed by atoms with Crippen LogP contribution in [0.25, 0.3) is 11.8 Å². The van der Waals surface area contributed by atoms with Gasteiger partial charge in [0.1, 0.15) is 10.7 Å². The molecule has 0 atom stereocenters. The fourth-order valence-corrected chi connectivity index (χ4v) is 3.30. The first-order valence-electron chi connectivity index (χ1n) is 7.57. The van der Waals surface area contributed by atoms with Crippen molar-refractivity contribution in [1.29, 1.82) is 0 Å². The molecule has 0 radical (unpaired) electrons. The maximum atomic E-state index is 11.6. The molecule has 0 amide bonds. The highest BCUT2D eigenvalue weighted by atomic mass is 32.2. The van der Waals surface area contributed by atoms with Crippen LogP contribution in [0.15, 0.2) is 40.7 Å². The van der Waals surface area contributed by atoms with Gasteiger partial charge in [0.25, 0.3) is 0 Å². The van der Waals surface area contributed by atoms with E-state index in [0.717, 1.165) is 34.4 Å². The van der Waals surface area contributed by atoms with Crippen LogP contribution in [0.2, 0.25) is 0 Å². The predicted molar refractivity (Wildman–Crippen MR) is 95.6 cm³/mol. The molecular formula is C17H17N5O2S. The molecule has 3 aromatic rings. The number of H-pyrrole nitrogens is 1. The van der Waals surface area contributed by atoms with Crippen LogP contribution in [-0.4, -0.2) is 35.8 Å². The number of pyridine rings is 1. The molecule has 3 aromatic heterocycles. The highest BCUT2D eigenvalue weighted by molar-refractivity contribution is 8.04. The van der Waals surface area contributed by atoms with E-state index in [0.29, 0.717) is 11.0 Å². The van der Waals surface area contributed by atoms with Crippen LogP contribution in [0.3, 0.4) is 0 Å². The number of nitrogens with one attached hydrogen (secondary N) is 1. The van der Waals surface area contributed by atoms with Gasteiger partial charge >= 0.3 is 5.97 Å². The standard InChI is InChI=1S/C17H17N5O2S/c1-10-7-13(11(2)22(10)14-5-4-6-18-9-14)8-15(16(23)24)25-17-19-12(3)20-21-17/h4-9H,1-3H3,(H,23,24)(H,19,20,21)/b15-8-. The van der Waals surface area contributed by atoms with Gasteiger partial charge < -0.3 is 9.67 Å². The van der Waals surface area contributed by atoms with Crippen molar-refractivity contribution in [3.63, 3.8) is 0 Å². The van der Waals surface area contributed by atoms with E-state index in [4.69, 9.17) is 0 Å². The van der Waals surface area contributed by atoms with E-state index in [-0.39, 0.29) is 4.91 Å². The average Bonchev–Trinajstić information content (AvgIpc) is 3.11. The molecule has 3 rings (SSSR count). The predicted octanol–water partition coefficient (Wildman–Crippen LogP) is 3.13. The molecule has 0 saturated heterocycles. The molecule has 0 spiro atoms. The zero-order valence-corrected chi connectivity index (χ0v) is 14.8. The topological polar surface area (TPSA) is 96.7 Å². The number of rotatable bonds is 5. The van der Waals surface area contributed by atoms with Crippen molar-refractivity contribution < 1.29 is 9.90 Å². The summed E-state index contributed by atoms with van der Waals surface area (Å²) in [6.07, 6.45) is 5.14. The summed E-state index contributed by atoms with van der Waals surface area (Å²) >= 11 is 1.02. The van der Waals surface area contributed by atoms with Gasteiger partial charge in [-0.1, -0.05) is 0 Å². The van der Waals surface area contributed by atoms with Crippen molar-refractivity contribution in [2.24, 2.45) is 0 Å². The lowest BCUT2D eigenvalue weighted by molar-refractivity contribution is -0.131. The molecule has 0 aliphatic heterocycles. The van der Waals surface area contributed by atoms with Crippen LogP contribution in [-0.2, 0) is 4.79 Å². The zero-order valence-electron chi connectivity index (χ0n) is 14.0. The first kappa shape index (κ1) is 17.0. The van der Waals surface area contributed by atoms with Crippen molar-refractivity contribution in [2.45, 2.75) is 25.9 Å². The number of carbonyl (C=O) groups is 1. The number of thioether (sulfide) groups is 1. The van der Waals surface area contributed by atoms with E-state index in [1.165, 1.54) is 0 Å². The van der Waals surface area contributed by atoms with E-state index in [1.807, 2.05) is 36.6 Å². The lowest BCUT2D eigenvalue weighted by Crippen LogP contribution is -2.00. The van der Waals surface area contributed by atoms with E-state index < -0.39 is 5.97 Å². The summed E-state index contributed by atoms with van der Waals surface area (Å²) < 4.78 is 2.04. The summed E-state index contributed by atoms with van der Waals surface area (Å²) in [7, 11) is 0. The van der Waals surface area contributed by atoms with E-state index in [2.05, 4.69) is 20.2 Å². The number of aromatic amines is 1. The highest BCUT2D eigenvalue weighted by Gasteiger charge is 2.16. The summed E-state index contributed by atoms with van der Waals surface area (Å²) in [5.41, 5.74) is 3.71. The normalized spacial score (nSPS) is 11.7. The van der Waals surface area contributed by atoms with E-state index >= 15 is 0 Å². The number of carboxylic acid groups (broad SMARTS) is 1.